The van der Waals surface area contributed by atoms with Gasteiger partial charge in [0.2, 0.25) is 0 Å². The lowest BCUT2D eigenvalue weighted by molar-refractivity contribution is -0.227. The van der Waals surface area contributed by atoms with E-state index in [9.17, 15) is 13.2 Å². The van der Waals surface area contributed by atoms with Gasteiger partial charge in [-0.05, 0) is 43.0 Å². The normalized spacial score (nSPS) is 19.9. The van der Waals surface area contributed by atoms with Crippen LogP contribution in [0.25, 0.3) is 0 Å². The first kappa shape index (κ1) is 22.8. The lowest BCUT2D eigenvalue weighted by atomic mass is 9.88. The van der Waals surface area contributed by atoms with E-state index in [1.54, 1.807) is 12.3 Å². The minimum absolute atomic E-state index is 0.0627. The minimum Gasteiger partial charge on any atom is -0.350 e. The molecule has 2 aliphatic rings. The summed E-state index contributed by atoms with van der Waals surface area (Å²) >= 11 is 0. The quantitative estimate of drug-likeness (QED) is 0.616. The average molecular weight is 448 g/mol. The van der Waals surface area contributed by atoms with Gasteiger partial charge in [-0.2, -0.15) is 13.2 Å². The highest BCUT2D eigenvalue weighted by Gasteiger charge is 2.36. The number of ether oxygens (including phenoxy) is 2. The largest absolute Gasteiger partial charge is 0.390 e. The van der Waals surface area contributed by atoms with Crippen LogP contribution in [0.4, 0.5) is 13.2 Å². The van der Waals surface area contributed by atoms with Crippen LogP contribution in [-0.2, 0) is 16.0 Å². The van der Waals surface area contributed by atoms with E-state index in [-0.39, 0.29) is 17.7 Å². The highest BCUT2D eigenvalue weighted by atomic mass is 19.4. The second-order valence-electron chi connectivity index (χ2n) is 9.57. The van der Waals surface area contributed by atoms with Gasteiger partial charge in [0.1, 0.15) is 0 Å². The van der Waals surface area contributed by atoms with Crippen molar-refractivity contribution in [2.45, 2.75) is 65.0 Å². The standard InChI is InChI=1S/C24H28F3N3O2/c1-16-4-5-18(9-8-17-6-7-17)10-19(16)20(11-24(25,26)27)21-12-30(29-28-21)13-22-31-14-23(2,3)15-32-22/h4-5,10,12,17,20,22H,6-7,11,13-15H2,1-3H3. The summed E-state index contributed by atoms with van der Waals surface area (Å²) in [4.78, 5) is 0. The van der Waals surface area contributed by atoms with Gasteiger partial charge in [0.15, 0.2) is 6.29 Å². The Bertz CT molecular complexity index is 1010. The van der Waals surface area contributed by atoms with E-state index in [1.807, 2.05) is 32.9 Å². The molecule has 0 radical (unpaired) electrons. The fourth-order valence-corrected chi connectivity index (χ4v) is 3.66. The van der Waals surface area contributed by atoms with Crippen LogP contribution in [0.15, 0.2) is 24.4 Å². The number of alkyl halides is 3. The van der Waals surface area contributed by atoms with Crippen LogP contribution in [0, 0.1) is 30.1 Å². The molecule has 0 bridgehead atoms. The topological polar surface area (TPSA) is 49.2 Å². The molecule has 2 fully saturated rings. The molecule has 1 aliphatic carbocycles. The van der Waals surface area contributed by atoms with Crippen molar-refractivity contribution in [2.75, 3.05) is 13.2 Å². The van der Waals surface area contributed by atoms with Crippen LogP contribution >= 0.6 is 0 Å². The van der Waals surface area contributed by atoms with Crippen LogP contribution in [0.3, 0.4) is 0 Å². The van der Waals surface area contributed by atoms with E-state index < -0.39 is 24.8 Å². The zero-order valence-electron chi connectivity index (χ0n) is 18.6. The first-order valence-electron chi connectivity index (χ1n) is 10.9. The molecular weight excluding hydrogens is 419 g/mol. The van der Waals surface area contributed by atoms with Crippen LogP contribution in [0.1, 0.15) is 61.4 Å². The van der Waals surface area contributed by atoms with E-state index in [0.717, 1.165) is 24.0 Å². The minimum atomic E-state index is -4.35. The lowest BCUT2D eigenvalue weighted by Gasteiger charge is -2.34. The van der Waals surface area contributed by atoms with Crippen molar-refractivity contribution < 1.29 is 22.6 Å². The average Bonchev–Trinajstić information content (AvgIpc) is 3.43. The molecular formula is C24H28F3N3O2. The van der Waals surface area contributed by atoms with Crippen LogP contribution < -0.4 is 0 Å². The Balaban J connectivity index is 1.56. The molecule has 1 unspecified atom stereocenters. The van der Waals surface area contributed by atoms with Crippen LogP contribution in [-0.4, -0.2) is 40.7 Å². The number of halogens is 3. The maximum absolute atomic E-state index is 13.5. The van der Waals surface area contributed by atoms with Crippen molar-refractivity contribution in [1.82, 2.24) is 15.0 Å². The third-order valence-electron chi connectivity index (χ3n) is 5.66. The molecule has 1 saturated carbocycles. The molecule has 172 valence electrons. The maximum atomic E-state index is 13.5. The van der Waals surface area contributed by atoms with Gasteiger partial charge in [-0.25, -0.2) is 4.68 Å². The van der Waals surface area contributed by atoms with Crippen LogP contribution in [0.2, 0.25) is 0 Å². The molecule has 0 amide bonds. The van der Waals surface area contributed by atoms with Crippen molar-refractivity contribution in [3.63, 3.8) is 0 Å². The summed E-state index contributed by atoms with van der Waals surface area (Å²) in [6.45, 7) is 7.27. The number of hydrogen-bond acceptors (Lipinski definition) is 4. The predicted octanol–water partition coefficient (Wildman–Crippen LogP) is 4.83. The van der Waals surface area contributed by atoms with Gasteiger partial charge in [0.25, 0.3) is 0 Å². The Morgan fingerprint density at radius 3 is 2.59 bits per heavy atom. The number of aryl methyl sites for hydroxylation is 1. The Kier molecular flexibility index (Phi) is 6.33. The highest BCUT2D eigenvalue weighted by molar-refractivity contribution is 5.44. The Morgan fingerprint density at radius 1 is 1.22 bits per heavy atom. The molecule has 0 N–H and O–H groups in total. The second kappa shape index (κ2) is 8.87. The summed E-state index contributed by atoms with van der Waals surface area (Å²) in [6.07, 6.45) is -2.12. The van der Waals surface area contributed by atoms with Crippen molar-refractivity contribution in [2.24, 2.45) is 11.3 Å². The first-order valence-corrected chi connectivity index (χ1v) is 10.9. The molecule has 8 heteroatoms. The van der Waals surface area contributed by atoms with E-state index in [2.05, 4.69) is 22.2 Å². The molecule has 1 aromatic carbocycles. The first-order chi connectivity index (χ1) is 15.1. The molecule has 4 rings (SSSR count). The summed E-state index contributed by atoms with van der Waals surface area (Å²) < 4.78 is 53.4. The van der Waals surface area contributed by atoms with Gasteiger partial charge >= 0.3 is 6.18 Å². The van der Waals surface area contributed by atoms with E-state index in [0.29, 0.717) is 24.7 Å². The third-order valence-corrected chi connectivity index (χ3v) is 5.66. The fourth-order valence-electron chi connectivity index (χ4n) is 3.66. The lowest BCUT2D eigenvalue weighted by Crippen LogP contribution is -2.39. The smallest absolute Gasteiger partial charge is 0.350 e. The van der Waals surface area contributed by atoms with Gasteiger partial charge < -0.3 is 9.47 Å². The Morgan fingerprint density at radius 2 is 1.94 bits per heavy atom. The van der Waals surface area contributed by atoms with E-state index in [4.69, 9.17) is 9.47 Å². The summed E-state index contributed by atoms with van der Waals surface area (Å²) in [5.74, 6) is 5.73. The third kappa shape index (κ3) is 6.11. The van der Waals surface area contributed by atoms with Gasteiger partial charge in [-0.3, -0.25) is 0 Å². The van der Waals surface area contributed by atoms with Gasteiger partial charge in [-0.1, -0.05) is 37.0 Å². The summed E-state index contributed by atoms with van der Waals surface area (Å²) in [6, 6.07) is 5.44. The maximum Gasteiger partial charge on any atom is 0.390 e. The zero-order chi connectivity index (χ0) is 22.9. The molecule has 1 saturated heterocycles. The highest BCUT2D eigenvalue weighted by Crippen LogP contribution is 2.37. The molecule has 1 aromatic heterocycles. The fraction of sp³-hybridized carbons (Fsp3) is 0.583. The van der Waals surface area contributed by atoms with Gasteiger partial charge in [0, 0.05) is 29.0 Å². The van der Waals surface area contributed by atoms with Gasteiger partial charge in [-0.15, -0.1) is 5.10 Å². The number of benzene rings is 1. The number of hydrogen-bond donors (Lipinski definition) is 0. The summed E-state index contributed by atoms with van der Waals surface area (Å²) in [5, 5.41) is 8.15. The molecule has 32 heavy (non-hydrogen) atoms. The Labute approximate surface area is 186 Å². The predicted molar refractivity (Wildman–Crippen MR) is 113 cm³/mol. The number of aromatic nitrogens is 3. The monoisotopic (exact) mass is 447 g/mol. The van der Waals surface area contributed by atoms with E-state index in [1.165, 1.54) is 4.68 Å². The number of nitrogens with zero attached hydrogens (tertiary/aromatic N) is 3. The molecule has 2 aromatic rings. The van der Waals surface area contributed by atoms with Crippen molar-refractivity contribution in [3.8, 4) is 11.8 Å². The molecule has 1 aliphatic heterocycles. The molecule has 1 atom stereocenters. The Hall–Kier alpha value is -2.37. The second-order valence-corrected chi connectivity index (χ2v) is 9.57. The van der Waals surface area contributed by atoms with Crippen LogP contribution in [0.5, 0.6) is 0 Å². The van der Waals surface area contributed by atoms with Gasteiger partial charge in [0.05, 0.1) is 31.9 Å². The summed E-state index contributed by atoms with van der Waals surface area (Å²) in [7, 11) is 0. The van der Waals surface area contributed by atoms with E-state index >= 15 is 0 Å². The van der Waals surface area contributed by atoms with Crippen molar-refractivity contribution >= 4 is 0 Å². The SMILES string of the molecule is Cc1ccc(C#CC2CC2)cc1C(CC(F)(F)F)c1cn(CC2OCC(C)(C)CO2)nn1. The zero-order valence-corrected chi connectivity index (χ0v) is 18.6. The summed E-state index contributed by atoms with van der Waals surface area (Å²) in [5.41, 5.74) is 2.28. The van der Waals surface area contributed by atoms with Crippen molar-refractivity contribution in [3.05, 3.63) is 46.8 Å². The molecule has 2 heterocycles. The molecule has 5 nitrogen and oxygen atoms in total. The number of rotatable bonds is 5. The molecule has 0 spiro atoms. The van der Waals surface area contributed by atoms with Crippen molar-refractivity contribution in [1.29, 1.82) is 0 Å².